The van der Waals surface area contributed by atoms with Crippen LogP contribution in [0.25, 0.3) is 0 Å². The Labute approximate surface area is 65.0 Å². The summed E-state index contributed by atoms with van der Waals surface area (Å²) in [7, 11) is 0. The van der Waals surface area contributed by atoms with Gasteiger partial charge in [0.25, 0.3) is 0 Å². The smallest absolute Gasteiger partial charge is 0.0640 e. The van der Waals surface area contributed by atoms with Crippen molar-refractivity contribution >= 4 is 17.3 Å². The Balaban J connectivity index is 2.59. The zero-order chi connectivity index (χ0) is 6.97. The molecular formula is C8H8ClN. The lowest BCUT2D eigenvalue weighted by Gasteiger charge is -1.99. The van der Waals surface area contributed by atoms with E-state index >= 15 is 0 Å². The van der Waals surface area contributed by atoms with Crippen molar-refractivity contribution in [1.29, 1.82) is 0 Å². The monoisotopic (exact) mass is 153 g/mol. The minimum Gasteiger partial charge on any atom is -0.383 e. The highest BCUT2D eigenvalue weighted by atomic mass is 35.5. The summed E-state index contributed by atoms with van der Waals surface area (Å²) < 4.78 is 0. The Morgan fingerprint density at radius 3 is 3.10 bits per heavy atom. The average molecular weight is 154 g/mol. The molecule has 0 bridgehead atoms. The molecule has 0 aliphatic carbocycles. The maximum atomic E-state index is 5.91. The van der Waals surface area contributed by atoms with Gasteiger partial charge in [-0.25, -0.2) is 0 Å². The van der Waals surface area contributed by atoms with Gasteiger partial charge >= 0.3 is 0 Å². The van der Waals surface area contributed by atoms with Crippen molar-refractivity contribution in [3.63, 3.8) is 0 Å². The molecule has 0 amide bonds. The zero-order valence-corrected chi connectivity index (χ0v) is 6.28. The third-order valence-electron chi connectivity index (χ3n) is 1.80. The first-order valence-electron chi connectivity index (χ1n) is 3.39. The first-order chi connectivity index (χ1) is 4.88. The number of hydrogen-bond donors (Lipinski definition) is 1. The van der Waals surface area contributed by atoms with Crippen molar-refractivity contribution < 1.29 is 0 Å². The molecule has 2 rings (SSSR count). The molecule has 1 heterocycles. The van der Waals surface area contributed by atoms with E-state index in [2.05, 4.69) is 11.4 Å². The van der Waals surface area contributed by atoms with Gasteiger partial charge in [-0.05, 0) is 18.1 Å². The number of fused-ring (bicyclic) bond motifs is 1. The van der Waals surface area contributed by atoms with E-state index in [0.29, 0.717) is 0 Å². The van der Waals surface area contributed by atoms with Crippen LogP contribution in [0.3, 0.4) is 0 Å². The van der Waals surface area contributed by atoms with E-state index in [9.17, 15) is 0 Å². The van der Waals surface area contributed by atoms with Crippen molar-refractivity contribution in [2.24, 2.45) is 0 Å². The number of hydrogen-bond acceptors (Lipinski definition) is 1. The molecule has 0 radical (unpaired) electrons. The highest BCUT2D eigenvalue weighted by Gasteiger charge is 2.11. The van der Waals surface area contributed by atoms with Crippen LogP contribution in [0.2, 0.25) is 5.02 Å². The maximum absolute atomic E-state index is 5.91. The largest absolute Gasteiger partial charge is 0.383 e. The number of rotatable bonds is 0. The van der Waals surface area contributed by atoms with Gasteiger partial charge in [-0.3, -0.25) is 0 Å². The Bertz CT molecular complexity index is 257. The Kier molecular flexibility index (Phi) is 1.31. The maximum Gasteiger partial charge on any atom is 0.0640 e. The second kappa shape index (κ2) is 2.17. The second-order valence-electron chi connectivity index (χ2n) is 2.45. The molecule has 1 N–H and O–H groups in total. The Morgan fingerprint density at radius 1 is 1.40 bits per heavy atom. The SMILES string of the molecule is Clc1cccc2c1NCC2. The van der Waals surface area contributed by atoms with Gasteiger partial charge in [0.15, 0.2) is 0 Å². The van der Waals surface area contributed by atoms with Crippen molar-refractivity contribution in [1.82, 2.24) is 0 Å². The summed E-state index contributed by atoms with van der Waals surface area (Å²) in [5.74, 6) is 0. The van der Waals surface area contributed by atoms with E-state index in [-0.39, 0.29) is 0 Å². The quantitative estimate of drug-likeness (QED) is 0.603. The van der Waals surface area contributed by atoms with Crippen LogP contribution in [0.5, 0.6) is 0 Å². The fourth-order valence-electron chi connectivity index (χ4n) is 1.30. The van der Waals surface area contributed by atoms with Gasteiger partial charge in [-0.1, -0.05) is 23.7 Å². The minimum atomic E-state index is 0.843. The fourth-order valence-corrected chi connectivity index (χ4v) is 1.56. The van der Waals surface area contributed by atoms with Crippen LogP contribution in [0.4, 0.5) is 5.69 Å². The number of nitrogens with one attached hydrogen (secondary N) is 1. The van der Waals surface area contributed by atoms with E-state index in [1.807, 2.05) is 12.1 Å². The normalized spacial score (nSPS) is 14.5. The van der Waals surface area contributed by atoms with Crippen LogP contribution in [-0.4, -0.2) is 6.54 Å². The van der Waals surface area contributed by atoms with Crippen LogP contribution in [-0.2, 0) is 6.42 Å². The summed E-state index contributed by atoms with van der Waals surface area (Å²) in [6, 6.07) is 6.02. The molecule has 1 aliphatic rings. The number of halogens is 1. The molecule has 0 saturated carbocycles. The Hall–Kier alpha value is -0.690. The fraction of sp³-hybridized carbons (Fsp3) is 0.250. The van der Waals surface area contributed by atoms with Crippen LogP contribution in [0.1, 0.15) is 5.56 Å². The molecule has 2 heteroatoms. The van der Waals surface area contributed by atoms with E-state index in [1.165, 1.54) is 5.56 Å². The molecule has 1 nitrogen and oxygen atoms in total. The summed E-state index contributed by atoms with van der Waals surface area (Å²) in [5.41, 5.74) is 2.47. The van der Waals surface area contributed by atoms with Crippen LogP contribution in [0.15, 0.2) is 18.2 Å². The molecular weight excluding hydrogens is 146 g/mol. The van der Waals surface area contributed by atoms with Crippen LogP contribution >= 0.6 is 11.6 Å². The molecule has 1 aromatic carbocycles. The highest BCUT2D eigenvalue weighted by Crippen LogP contribution is 2.29. The average Bonchev–Trinajstić information content (AvgIpc) is 2.36. The van der Waals surface area contributed by atoms with E-state index < -0.39 is 0 Å². The second-order valence-corrected chi connectivity index (χ2v) is 2.86. The molecule has 0 saturated heterocycles. The molecule has 0 aromatic heterocycles. The summed E-state index contributed by atoms with van der Waals surface area (Å²) >= 11 is 5.91. The van der Waals surface area contributed by atoms with Gasteiger partial charge in [0, 0.05) is 6.54 Å². The molecule has 52 valence electrons. The lowest BCUT2D eigenvalue weighted by molar-refractivity contribution is 1.11. The molecule has 0 spiro atoms. The lowest BCUT2D eigenvalue weighted by Crippen LogP contribution is -1.91. The van der Waals surface area contributed by atoms with Crippen molar-refractivity contribution in [2.75, 3.05) is 11.9 Å². The van der Waals surface area contributed by atoms with Crippen LogP contribution < -0.4 is 5.32 Å². The third-order valence-corrected chi connectivity index (χ3v) is 2.11. The Morgan fingerprint density at radius 2 is 2.30 bits per heavy atom. The summed E-state index contributed by atoms with van der Waals surface area (Å²) in [6.45, 7) is 1.03. The summed E-state index contributed by atoms with van der Waals surface area (Å²) in [6.07, 6.45) is 1.11. The first-order valence-corrected chi connectivity index (χ1v) is 3.77. The molecule has 0 unspecified atom stereocenters. The molecule has 0 atom stereocenters. The van der Waals surface area contributed by atoms with Crippen molar-refractivity contribution in [3.05, 3.63) is 28.8 Å². The predicted octanol–water partition coefficient (Wildman–Crippen LogP) is 2.31. The van der Waals surface area contributed by atoms with Crippen molar-refractivity contribution in [2.45, 2.75) is 6.42 Å². The minimum absolute atomic E-state index is 0.843. The van der Waals surface area contributed by atoms with Gasteiger partial charge < -0.3 is 5.32 Å². The predicted molar refractivity (Wildman–Crippen MR) is 43.6 cm³/mol. The third kappa shape index (κ3) is 0.781. The number of benzene rings is 1. The zero-order valence-electron chi connectivity index (χ0n) is 5.52. The lowest BCUT2D eigenvalue weighted by atomic mass is 10.2. The summed E-state index contributed by atoms with van der Waals surface area (Å²) in [5, 5.41) is 4.08. The molecule has 1 aromatic rings. The number of anilines is 1. The van der Waals surface area contributed by atoms with Crippen molar-refractivity contribution in [3.8, 4) is 0 Å². The van der Waals surface area contributed by atoms with Gasteiger partial charge in [0.1, 0.15) is 0 Å². The van der Waals surface area contributed by atoms with Gasteiger partial charge in [-0.15, -0.1) is 0 Å². The van der Waals surface area contributed by atoms with Gasteiger partial charge in [-0.2, -0.15) is 0 Å². The molecule has 1 aliphatic heterocycles. The standard InChI is InChI=1S/C8H8ClN/c9-7-3-1-2-6-4-5-10-8(6)7/h1-3,10H,4-5H2. The molecule has 10 heavy (non-hydrogen) atoms. The molecule has 0 fully saturated rings. The first kappa shape index (κ1) is 6.05. The van der Waals surface area contributed by atoms with Gasteiger partial charge in [0.2, 0.25) is 0 Å². The van der Waals surface area contributed by atoms with E-state index in [1.54, 1.807) is 0 Å². The van der Waals surface area contributed by atoms with E-state index in [4.69, 9.17) is 11.6 Å². The summed E-state index contributed by atoms with van der Waals surface area (Å²) in [4.78, 5) is 0. The van der Waals surface area contributed by atoms with E-state index in [0.717, 1.165) is 23.7 Å². The number of para-hydroxylation sites is 1. The topological polar surface area (TPSA) is 12.0 Å². The highest BCUT2D eigenvalue weighted by molar-refractivity contribution is 6.33. The van der Waals surface area contributed by atoms with Crippen LogP contribution in [0, 0.1) is 0 Å². The van der Waals surface area contributed by atoms with Gasteiger partial charge in [0.05, 0.1) is 10.7 Å².